The number of hydrogen-bond acceptors (Lipinski definition) is 4. The van der Waals surface area contributed by atoms with Crippen LogP contribution in [0.2, 0.25) is 0 Å². The van der Waals surface area contributed by atoms with Crippen molar-refractivity contribution in [1.29, 1.82) is 0 Å². The zero-order valence-corrected chi connectivity index (χ0v) is 42.9. The van der Waals surface area contributed by atoms with Crippen LogP contribution in [-0.2, 0) is 37.3 Å². The first-order valence-corrected chi connectivity index (χ1v) is 23.9. The van der Waals surface area contributed by atoms with Crippen LogP contribution in [0.3, 0.4) is 0 Å². The van der Waals surface area contributed by atoms with Crippen LogP contribution in [-0.4, -0.2) is 9.55 Å². The van der Waals surface area contributed by atoms with E-state index in [0.717, 1.165) is 67.1 Å². The molecule has 70 heavy (non-hydrogen) atoms. The minimum absolute atomic E-state index is 0. The standard InChI is InChI=1S/C64H55N4O.Pt/c1-62(2,3)49-37-50(63(4,5)6)39-52(38-49)67-43-66(58-28-17-18-29-59(58)67)51-26-19-27-53(41-51)69-54-31-32-55-56-36-45(44-20-11-8-12-21-44)30-33-57(56)68(60(55)42-54)61-40-48(34-35-65-61)64(7,46-22-13-9-14-23-46)47-24-15-10-16-25-47;/h8-40,43H,1-7H3;/q-3;. The molecule has 0 spiro atoms. The fourth-order valence-corrected chi connectivity index (χ4v) is 9.81. The van der Waals surface area contributed by atoms with Crippen molar-refractivity contribution < 1.29 is 25.8 Å². The fraction of sp³-hybridized carbons (Fsp3) is 0.156. The van der Waals surface area contributed by atoms with Crippen molar-refractivity contribution in [1.82, 2.24) is 9.55 Å². The summed E-state index contributed by atoms with van der Waals surface area (Å²) >= 11 is 0. The summed E-state index contributed by atoms with van der Waals surface area (Å²) in [6.07, 6.45) is 1.94. The zero-order valence-electron chi connectivity index (χ0n) is 40.6. The molecule has 0 fully saturated rings. The quantitative estimate of drug-likeness (QED) is 0.135. The summed E-state index contributed by atoms with van der Waals surface area (Å²) in [6, 6.07) is 76.3. The van der Waals surface area contributed by atoms with E-state index in [1.165, 1.54) is 22.3 Å². The molecule has 350 valence electrons. The Bertz CT molecular complexity index is 3430. The summed E-state index contributed by atoms with van der Waals surface area (Å²) in [6.45, 7) is 18.2. The number of rotatable bonds is 9. The molecule has 2 aromatic heterocycles. The van der Waals surface area contributed by atoms with Crippen LogP contribution < -0.4 is 14.5 Å². The Morgan fingerprint density at radius 2 is 1.07 bits per heavy atom. The summed E-state index contributed by atoms with van der Waals surface area (Å²) in [5.74, 6) is 1.97. The fourth-order valence-electron chi connectivity index (χ4n) is 9.81. The van der Waals surface area contributed by atoms with E-state index in [1.54, 1.807) is 0 Å². The predicted octanol–water partition coefficient (Wildman–Crippen LogP) is 16.6. The van der Waals surface area contributed by atoms with Gasteiger partial charge in [-0.3, -0.25) is 0 Å². The van der Waals surface area contributed by atoms with Crippen LogP contribution >= 0.6 is 0 Å². The summed E-state index contributed by atoms with van der Waals surface area (Å²) in [7, 11) is 0. The van der Waals surface area contributed by atoms with Crippen molar-refractivity contribution in [2.75, 3.05) is 9.80 Å². The Balaban J connectivity index is 0.00000567. The van der Waals surface area contributed by atoms with E-state index in [-0.39, 0.29) is 31.9 Å². The molecular weight excluding hydrogens is 1040 g/mol. The first kappa shape index (κ1) is 46.5. The Morgan fingerprint density at radius 3 is 1.71 bits per heavy atom. The molecule has 6 heteroatoms. The number of anilines is 4. The van der Waals surface area contributed by atoms with Gasteiger partial charge in [-0.1, -0.05) is 168 Å². The number of pyridine rings is 1. The molecule has 0 unspecified atom stereocenters. The molecule has 5 nitrogen and oxygen atoms in total. The van der Waals surface area contributed by atoms with Crippen LogP contribution in [0.5, 0.6) is 11.5 Å². The van der Waals surface area contributed by atoms with Gasteiger partial charge in [0.15, 0.2) is 0 Å². The Kier molecular flexibility index (Phi) is 12.1. The average Bonchev–Trinajstić information content (AvgIpc) is 3.92. The number of para-hydroxylation sites is 2. The minimum atomic E-state index is -0.450. The van der Waals surface area contributed by atoms with Crippen molar-refractivity contribution in [3.8, 4) is 28.4 Å². The number of aromatic nitrogens is 2. The smallest absolute Gasteiger partial charge is 0.135 e. The largest absolute Gasteiger partial charge is 0.509 e. The van der Waals surface area contributed by atoms with Crippen LogP contribution in [0.4, 0.5) is 22.7 Å². The summed E-state index contributed by atoms with van der Waals surface area (Å²) in [5.41, 5.74) is 14.1. The molecule has 11 rings (SSSR count). The molecule has 0 saturated carbocycles. The normalized spacial score (nSPS) is 12.8. The topological polar surface area (TPSA) is 33.5 Å². The van der Waals surface area contributed by atoms with Gasteiger partial charge in [-0.15, -0.1) is 48.1 Å². The molecule has 0 saturated heterocycles. The predicted molar refractivity (Wildman–Crippen MR) is 286 cm³/mol. The average molecular weight is 1090 g/mol. The summed E-state index contributed by atoms with van der Waals surface area (Å²) < 4.78 is 9.00. The SMILES string of the molecule is CC(C)(C)c1cc(N2[CH-]N(c3[c-]c(Oc4[c-]c5c(cc4)c4cc(-c6ccccc6)ccc4n5-c4cc(C(C)(c5ccccc5)c5ccccc5)ccn4)ccc3)c3ccccc32)cc(C(C)(C)C)c1.[Pt]. The molecule has 8 aromatic carbocycles. The maximum absolute atomic E-state index is 6.77. The third-order valence-electron chi connectivity index (χ3n) is 13.8. The molecule has 0 atom stereocenters. The van der Waals surface area contributed by atoms with Crippen molar-refractivity contribution in [3.63, 3.8) is 0 Å². The Morgan fingerprint density at radius 1 is 0.471 bits per heavy atom. The third kappa shape index (κ3) is 8.51. The summed E-state index contributed by atoms with van der Waals surface area (Å²) in [5, 5.41) is 2.17. The van der Waals surface area contributed by atoms with Crippen molar-refractivity contribution in [3.05, 3.63) is 247 Å². The first-order valence-electron chi connectivity index (χ1n) is 23.9. The van der Waals surface area contributed by atoms with E-state index >= 15 is 0 Å². The molecule has 0 N–H and O–H groups in total. The van der Waals surface area contributed by atoms with E-state index in [9.17, 15) is 0 Å². The molecule has 3 heterocycles. The molecule has 0 amide bonds. The van der Waals surface area contributed by atoms with Crippen molar-refractivity contribution in [2.45, 2.75) is 64.7 Å². The van der Waals surface area contributed by atoms with Gasteiger partial charge < -0.3 is 19.1 Å². The molecule has 1 aliphatic rings. The maximum Gasteiger partial charge on any atom is 0.135 e. The van der Waals surface area contributed by atoms with Gasteiger partial charge in [0, 0.05) is 66.8 Å². The number of fused-ring (bicyclic) bond motifs is 4. The minimum Gasteiger partial charge on any atom is -0.509 e. The second kappa shape index (κ2) is 18.3. The van der Waals surface area contributed by atoms with Crippen LogP contribution in [0.15, 0.2) is 200 Å². The van der Waals surface area contributed by atoms with Crippen molar-refractivity contribution >= 4 is 44.6 Å². The van der Waals surface area contributed by atoms with Gasteiger partial charge in [0.1, 0.15) is 5.82 Å². The van der Waals surface area contributed by atoms with Crippen LogP contribution in [0.1, 0.15) is 76.3 Å². The molecule has 0 radical (unpaired) electrons. The molecule has 1 aliphatic heterocycles. The van der Waals surface area contributed by atoms with Gasteiger partial charge in [-0.05, 0) is 105 Å². The third-order valence-corrected chi connectivity index (χ3v) is 13.8. The van der Waals surface area contributed by atoms with E-state index < -0.39 is 5.41 Å². The second-order valence-electron chi connectivity index (χ2n) is 20.4. The maximum atomic E-state index is 6.77. The van der Waals surface area contributed by atoms with Gasteiger partial charge in [-0.2, -0.15) is 12.1 Å². The van der Waals surface area contributed by atoms with E-state index in [4.69, 9.17) is 9.72 Å². The number of hydrogen-bond donors (Lipinski definition) is 0. The number of ether oxygens (including phenoxy) is 1. The van der Waals surface area contributed by atoms with Gasteiger partial charge in [0.2, 0.25) is 0 Å². The zero-order chi connectivity index (χ0) is 47.5. The molecular formula is C64H55N4OPt-3. The molecule has 10 aromatic rings. The van der Waals surface area contributed by atoms with Gasteiger partial charge >= 0.3 is 0 Å². The second-order valence-corrected chi connectivity index (χ2v) is 20.4. The van der Waals surface area contributed by atoms with E-state index in [2.05, 4.69) is 258 Å². The van der Waals surface area contributed by atoms with Crippen LogP contribution in [0.25, 0.3) is 38.8 Å². The van der Waals surface area contributed by atoms with Crippen molar-refractivity contribution in [2.24, 2.45) is 0 Å². The molecule has 0 bridgehead atoms. The summed E-state index contributed by atoms with van der Waals surface area (Å²) in [4.78, 5) is 9.60. The number of nitrogens with zero attached hydrogens (tertiary/aromatic N) is 4. The van der Waals surface area contributed by atoms with Gasteiger partial charge in [0.05, 0.1) is 0 Å². The van der Waals surface area contributed by atoms with Gasteiger partial charge in [-0.25, -0.2) is 4.98 Å². The number of benzene rings is 8. The first-order chi connectivity index (χ1) is 33.3. The monoisotopic (exact) mass is 1090 g/mol. The van der Waals surface area contributed by atoms with E-state index in [0.29, 0.717) is 11.5 Å². The Hall–Kier alpha value is -7.20. The van der Waals surface area contributed by atoms with E-state index in [1.807, 2.05) is 24.4 Å². The molecule has 0 aliphatic carbocycles. The van der Waals surface area contributed by atoms with Crippen LogP contribution in [0, 0.1) is 18.8 Å². The Labute approximate surface area is 427 Å². The van der Waals surface area contributed by atoms with Gasteiger partial charge in [0.25, 0.3) is 0 Å².